The zero-order chi connectivity index (χ0) is 11.2. The first-order chi connectivity index (χ1) is 7.86. The first-order valence-corrected chi connectivity index (χ1v) is 5.61. The lowest BCUT2D eigenvalue weighted by atomic mass is 10.1. The van der Waals surface area contributed by atoms with Crippen LogP contribution in [0.25, 0.3) is 10.8 Å². The molecule has 0 unspecified atom stereocenters. The maximum absolute atomic E-state index is 4.77. The molecule has 0 bridgehead atoms. The van der Waals surface area contributed by atoms with Gasteiger partial charge in [-0.2, -0.15) is 0 Å². The Morgan fingerprint density at radius 2 is 1.44 bits per heavy atom. The molecule has 0 radical (unpaired) electrons. The molecule has 2 aromatic carbocycles. The summed E-state index contributed by atoms with van der Waals surface area (Å²) in [6.45, 7) is 1.61. The van der Waals surface area contributed by atoms with Crippen molar-refractivity contribution in [1.82, 2.24) is 5.32 Å². The standard InChI is InChI=1S/C10H8.C3H5NOS/c1-2-6-10-8-4-3-7-9(10)5-1;6-3-4-1-2-5-3/h1-8H;1-2H2,(H,4,6). The molecule has 1 N–H and O–H groups in total. The molecule has 1 saturated heterocycles. The number of ether oxygens (including phenoxy) is 1. The SMILES string of the molecule is S=C1NCCO1.c1ccc2ccccc2c1. The quantitative estimate of drug-likeness (QED) is 0.704. The maximum Gasteiger partial charge on any atom is 0.256 e. The molecule has 0 atom stereocenters. The Kier molecular flexibility index (Phi) is 3.72. The number of benzene rings is 2. The summed E-state index contributed by atoms with van der Waals surface area (Å²) in [7, 11) is 0. The van der Waals surface area contributed by atoms with E-state index in [2.05, 4.69) is 66.1 Å². The third-order valence-electron chi connectivity index (χ3n) is 2.26. The van der Waals surface area contributed by atoms with Crippen LogP contribution >= 0.6 is 12.2 Å². The van der Waals surface area contributed by atoms with Crippen LogP contribution in [-0.2, 0) is 4.74 Å². The van der Waals surface area contributed by atoms with E-state index in [4.69, 9.17) is 4.74 Å². The van der Waals surface area contributed by atoms with Crippen LogP contribution in [0.15, 0.2) is 48.5 Å². The van der Waals surface area contributed by atoms with Crippen LogP contribution in [0.2, 0.25) is 0 Å². The lowest BCUT2D eigenvalue weighted by Crippen LogP contribution is -2.11. The van der Waals surface area contributed by atoms with E-state index in [1.165, 1.54) is 10.8 Å². The molecule has 0 aromatic heterocycles. The molecule has 0 saturated carbocycles. The summed E-state index contributed by atoms with van der Waals surface area (Å²) in [5.41, 5.74) is 0. The highest BCUT2D eigenvalue weighted by atomic mass is 32.1. The molecule has 0 amide bonds. The fourth-order valence-electron chi connectivity index (χ4n) is 1.48. The van der Waals surface area contributed by atoms with Gasteiger partial charge in [0.05, 0.1) is 6.54 Å². The third kappa shape index (κ3) is 2.94. The minimum atomic E-state index is 0.537. The van der Waals surface area contributed by atoms with Gasteiger partial charge in [-0.15, -0.1) is 0 Å². The van der Waals surface area contributed by atoms with Crippen LogP contribution in [-0.4, -0.2) is 18.3 Å². The largest absolute Gasteiger partial charge is 0.469 e. The average Bonchev–Trinajstić information content (AvgIpc) is 2.81. The van der Waals surface area contributed by atoms with Crippen LogP contribution in [0, 0.1) is 0 Å². The second-order valence-electron chi connectivity index (χ2n) is 3.41. The second-order valence-corrected chi connectivity index (χ2v) is 3.78. The molecule has 16 heavy (non-hydrogen) atoms. The summed E-state index contributed by atoms with van der Waals surface area (Å²) in [5.74, 6) is 0. The van der Waals surface area contributed by atoms with Crippen molar-refractivity contribution in [3.8, 4) is 0 Å². The van der Waals surface area contributed by atoms with Crippen LogP contribution in [0.3, 0.4) is 0 Å². The van der Waals surface area contributed by atoms with Gasteiger partial charge >= 0.3 is 0 Å². The number of rotatable bonds is 0. The lowest BCUT2D eigenvalue weighted by molar-refractivity contribution is 0.361. The van der Waals surface area contributed by atoms with Gasteiger partial charge in [-0.3, -0.25) is 0 Å². The molecule has 1 fully saturated rings. The number of nitrogens with one attached hydrogen (secondary N) is 1. The van der Waals surface area contributed by atoms with Crippen molar-refractivity contribution >= 4 is 28.2 Å². The predicted molar refractivity (Wildman–Crippen MR) is 70.5 cm³/mol. The molecule has 0 spiro atoms. The van der Waals surface area contributed by atoms with Crippen LogP contribution in [0.5, 0.6) is 0 Å². The van der Waals surface area contributed by atoms with E-state index in [9.17, 15) is 0 Å². The van der Waals surface area contributed by atoms with Gasteiger partial charge in [0, 0.05) is 0 Å². The molecular formula is C13H13NOS. The summed E-state index contributed by atoms with van der Waals surface area (Å²) in [6, 6.07) is 16.7. The van der Waals surface area contributed by atoms with E-state index >= 15 is 0 Å². The van der Waals surface area contributed by atoms with E-state index in [0.717, 1.165) is 13.2 Å². The van der Waals surface area contributed by atoms with Gasteiger partial charge < -0.3 is 10.1 Å². The summed E-state index contributed by atoms with van der Waals surface area (Å²) in [6.07, 6.45) is 0. The number of thiocarbonyl (C=S) groups is 1. The average molecular weight is 231 g/mol. The fourth-order valence-corrected chi connectivity index (χ4v) is 1.67. The normalized spacial score (nSPS) is 13.6. The smallest absolute Gasteiger partial charge is 0.256 e. The Labute approximate surface area is 100 Å². The van der Waals surface area contributed by atoms with E-state index in [0.29, 0.717) is 5.17 Å². The highest BCUT2D eigenvalue weighted by molar-refractivity contribution is 7.80. The monoisotopic (exact) mass is 231 g/mol. The second kappa shape index (κ2) is 5.47. The Morgan fingerprint density at radius 1 is 0.938 bits per heavy atom. The van der Waals surface area contributed by atoms with Crippen molar-refractivity contribution in [3.05, 3.63) is 48.5 Å². The van der Waals surface area contributed by atoms with Crippen LogP contribution < -0.4 is 5.32 Å². The van der Waals surface area contributed by atoms with Crippen molar-refractivity contribution in [2.45, 2.75) is 0 Å². The highest BCUT2D eigenvalue weighted by Crippen LogP contribution is 2.11. The van der Waals surface area contributed by atoms with Crippen LogP contribution in [0.1, 0.15) is 0 Å². The predicted octanol–water partition coefficient (Wildman–Crippen LogP) is 2.73. The molecule has 0 aliphatic carbocycles. The van der Waals surface area contributed by atoms with Gasteiger partial charge in [-0.1, -0.05) is 48.5 Å². The molecule has 2 nitrogen and oxygen atoms in total. The van der Waals surface area contributed by atoms with Crippen molar-refractivity contribution in [2.24, 2.45) is 0 Å². The summed E-state index contributed by atoms with van der Waals surface area (Å²) in [5, 5.41) is 5.99. The van der Waals surface area contributed by atoms with Crippen molar-refractivity contribution < 1.29 is 4.74 Å². The van der Waals surface area contributed by atoms with Gasteiger partial charge in [0.15, 0.2) is 0 Å². The van der Waals surface area contributed by atoms with Gasteiger partial charge in [0.2, 0.25) is 0 Å². The number of hydrogen-bond acceptors (Lipinski definition) is 2. The molecule has 1 aliphatic heterocycles. The molecular weight excluding hydrogens is 218 g/mol. The van der Waals surface area contributed by atoms with Crippen molar-refractivity contribution in [3.63, 3.8) is 0 Å². The summed E-state index contributed by atoms with van der Waals surface area (Å²) in [4.78, 5) is 0. The van der Waals surface area contributed by atoms with E-state index < -0.39 is 0 Å². The Bertz CT molecular complexity index is 411. The third-order valence-corrected chi connectivity index (χ3v) is 2.53. The maximum atomic E-state index is 4.77. The number of fused-ring (bicyclic) bond motifs is 1. The first kappa shape index (κ1) is 10.9. The highest BCUT2D eigenvalue weighted by Gasteiger charge is 2.01. The van der Waals surface area contributed by atoms with E-state index in [1.54, 1.807) is 0 Å². The fraction of sp³-hybridized carbons (Fsp3) is 0.154. The van der Waals surface area contributed by atoms with Gasteiger partial charge in [0.1, 0.15) is 6.61 Å². The van der Waals surface area contributed by atoms with Crippen molar-refractivity contribution in [1.29, 1.82) is 0 Å². The molecule has 2 aromatic rings. The summed E-state index contributed by atoms with van der Waals surface area (Å²) < 4.78 is 4.77. The van der Waals surface area contributed by atoms with Gasteiger partial charge in [0.25, 0.3) is 5.17 Å². The van der Waals surface area contributed by atoms with Gasteiger partial charge in [-0.05, 0) is 23.0 Å². The van der Waals surface area contributed by atoms with E-state index in [-0.39, 0.29) is 0 Å². The Morgan fingerprint density at radius 3 is 1.69 bits per heavy atom. The van der Waals surface area contributed by atoms with Gasteiger partial charge in [-0.25, -0.2) is 0 Å². The Hall–Kier alpha value is -1.61. The van der Waals surface area contributed by atoms with E-state index in [1.807, 2.05) is 0 Å². The number of hydrogen-bond donors (Lipinski definition) is 1. The minimum absolute atomic E-state index is 0.537. The zero-order valence-corrected chi connectivity index (χ0v) is 9.67. The molecule has 1 heterocycles. The lowest BCUT2D eigenvalue weighted by Gasteiger charge is -1.92. The molecule has 3 rings (SSSR count). The zero-order valence-electron chi connectivity index (χ0n) is 8.85. The Balaban J connectivity index is 0.000000138. The first-order valence-electron chi connectivity index (χ1n) is 5.21. The molecule has 3 heteroatoms. The molecule has 82 valence electrons. The van der Waals surface area contributed by atoms with Crippen molar-refractivity contribution in [2.75, 3.05) is 13.2 Å². The topological polar surface area (TPSA) is 21.3 Å². The minimum Gasteiger partial charge on any atom is -0.469 e. The summed E-state index contributed by atoms with van der Waals surface area (Å²) >= 11 is 4.59. The molecule has 1 aliphatic rings. The van der Waals surface area contributed by atoms with Crippen LogP contribution in [0.4, 0.5) is 0 Å².